The summed E-state index contributed by atoms with van der Waals surface area (Å²) in [6.07, 6.45) is -0.370. The molecule has 5 nitrogen and oxygen atoms in total. The van der Waals surface area contributed by atoms with Gasteiger partial charge in [0.05, 0.1) is 12.3 Å². The van der Waals surface area contributed by atoms with Crippen LogP contribution in [0.3, 0.4) is 0 Å². The molecule has 0 aliphatic rings. The lowest BCUT2D eigenvalue weighted by Crippen LogP contribution is -2.31. The van der Waals surface area contributed by atoms with Crippen molar-refractivity contribution in [3.63, 3.8) is 0 Å². The molecule has 0 radical (unpaired) electrons. The van der Waals surface area contributed by atoms with Crippen LogP contribution in [0.15, 0.2) is 24.3 Å². The number of hydrogen-bond acceptors (Lipinski definition) is 3. The first kappa shape index (κ1) is 14.0. The second-order valence-electron chi connectivity index (χ2n) is 4.35. The molecule has 0 aromatic heterocycles. The number of carboxylic acid groups (broad SMARTS) is 2. The van der Waals surface area contributed by atoms with Gasteiger partial charge >= 0.3 is 11.9 Å². The van der Waals surface area contributed by atoms with E-state index in [1.165, 1.54) is 0 Å². The van der Waals surface area contributed by atoms with Crippen molar-refractivity contribution in [2.45, 2.75) is 13.3 Å². The maximum atomic E-state index is 11.0. The number of rotatable bonds is 6. The Morgan fingerprint density at radius 1 is 1.33 bits per heavy atom. The lowest BCUT2D eigenvalue weighted by molar-refractivity contribution is -0.147. The van der Waals surface area contributed by atoms with E-state index in [-0.39, 0.29) is 13.0 Å². The van der Waals surface area contributed by atoms with Crippen molar-refractivity contribution in [1.82, 2.24) is 0 Å². The van der Waals surface area contributed by atoms with E-state index in [2.05, 4.69) is 0 Å². The minimum Gasteiger partial charge on any atom is -0.481 e. The van der Waals surface area contributed by atoms with Gasteiger partial charge in [0.1, 0.15) is 0 Å². The molecule has 0 bridgehead atoms. The molecule has 1 atom stereocenters. The van der Waals surface area contributed by atoms with Gasteiger partial charge in [0.2, 0.25) is 0 Å². The molecule has 98 valence electrons. The van der Waals surface area contributed by atoms with Crippen LogP contribution in [0.4, 0.5) is 5.69 Å². The quantitative estimate of drug-likeness (QED) is 0.803. The Morgan fingerprint density at radius 3 is 2.50 bits per heavy atom. The van der Waals surface area contributed by atoms with Crippen LogP contribution in [0, 0.1) is 12.8 Å². The Bertz CT molecular complexity index is 444. The average molecular weight is 251 g/mol. The van der Waals surface area contributed by atoms with Crippen LogP contribution < -0.4 is 4.90 Å². The summed E-state index contributed by atoms with van der Waals surface area (Å²) in [4.78, 5) is 23.3. The van der Waals surface area contributed by atoms with Crippen molar-refractivity contribution in [3.05, 3.63) is 29.8 Å². The van der Waals surface area contributed by atoms with E-state index in [0.717, 1.165) is 11.3 Å². The number of carbonyl (C=O) groups is 2. The lowest BCUT2D eigenvalue weighted by Gasteiger charge is -2.23. The summed E-state index contributed by atoms with van der Waals surface area (Å²) in [6, 6.07) is 7.63. The SMILES string of the molecule is Cc1cccc(N(C)CC(CC(=O)O)C(=O)O)c1. The van der Waals surface area contributed by atoms with Crippen molar-refractivity contribution >= 4 is 17.6 Å². The highest BCUT2D eigenvalue weighted by Crippen LogP contribution is 2.17. The molecule has 0 amide bonds. The zero-order valence-electron chi connectivity index (χ0n) is 10.5. The summed E-state index contributed by atoms with van der Waals surface area (Å²) in [6.45, 7) is 2.12. The van der Waals surface area contributed by atoms with Crippen LogP contribution in [0.1, 0.15) is 12.0 Å². The van der Waals surface area contributed by atoms with Gasteiger partial charge in [0.25, 0.3) is 0 Å². The monoisotopic (exact) mass is 251 g/mol. The highest BCUT2D eigenvalue weighted by Gasteiger charge is 2.22. The molecular formula is C13H17NO4. The molecule has 0 fully saturated rings. The summed E-state index contributed by atoms with van der Waals surface area (Å²) in [5.41, 5.74) is 1.95. The number of aryl methyl sites for hydroxylation is 1. The van der Waals surface area contributed by atoms with Crippen molar-refractivity contribution in [3.8, 4) is 0 Å². The Morgan fingerprint density at radius 2 is 2.00 bits per heavy atom. The maximum Gasteiger partial charge on any atom is 0.308 e. The highest BCUT2D eigenvalue weighted by atomic mass is 16.4. The molecule has 2 N–H and O–H groups in total. The molecule has 0 aliphatic heterocycles. The molecule has 0 aliphatic carbocycles. The van der Waals surface area contributed by atoms with E-state index in [4.69, 9.17) is 10.2 Å². The summed E-state index contributed by atoms with van der Waals surface area (Å²) in [5.74, 6) is -3.09. The van der Waals surface area contributed by atoms with Crippen LogP contribution in [0.25, 0.3) is 0 Å². The summed E-state index contributed by atoms with van der Waals surface area (Å²) < 4.78 is 0. The predicted octanol–water partition coefficient (Wildman–Crippen LogP) is 1.61. The predicted molar refractivity (Wildman–Crippen MR) is 67.8 cm³/mol. The number of aliphatic carboxylic acids is 2. The molecule has 0 saturated carbocycles. The van der Waals surface area contributed by atoms with Crippen LogP contribution in [0.2, 0.25) is 0 Å². The number of anilines is 1. The van der Waals surface area contributed by atoms with Crippen LogP contribution in [0.5, 0.6) is 0 Å². The molecule has 0 heterocycles. The zero-order valence-corrected chi connectivity index (χ0v) is 10.5. The summed E-state index contributed by atoms with van der Waals surface area (Å²) in [5, 5.41) is 17.7. The molecule has 1 aromatic rings. The van der Waals surface area contributed by atoms with Gasteiger partial charge in [-0.25, -0.2) is 0 Å². The van der Waals surface area contributed by atoms with E-state index in [9.17, 15) is 9.59 Å². The highest BCUT2D eigenvalue weighted by molar-refractivity contribution is 5.78. The summed E-state index contributed by atoms with van der Waals surface area (Å²) >= 11 is 0. The van der Waals surface area contributed by atoms with Gasteiger partial charge in [-0.2, -0.15) is 0 Å². The summed E-state index contributed by atoms with van der Waals surface area (Å²) in [7, 11) is 1.76. The van der Waals surface area contributed by atoms with Gasteiger partial charge in [-0.3, -0.25) is 9.59 Å². The second-order valence-corrected chi connectivity index (χ2v) is 4.35. The smallest absolute Gasteiger partial charge is 0.308 e. The minimum absolute atomic E-state index is 0.172. The molecular weight excluding hydrogens is 234 g/mol. The largest absolute Gasteiger partial charge is 0.481 e. The molecule has 0 spiro atoms. The zero-order chi connectivity index (χ0) is 13.7. The third-order valence-electron chi connectivity index (χ3n) is 2.71. The van der Waals surface area contributed by atoms with Crippen molar-refractivity contribution in [2.24, 2.45) is 5.92 Å². The topological polar surface area (TPSA) is 77.8 Å². The van der Waals surface area contributed by atoms with E-state index in [0.29, 0.717) is 0 Å². The van der Waals surface area contributed by atoms with Crippen LogP contribution in [-0.2, 0) is 9.59 Å². The van der Waals surface area contributed by atoms with Gasteiger partial charge < -0.3 is 15.1 Å². The third-order valence-corrected chi connectivity index (χ3v) is 2.71. The van der Waals surface area contributed by atoms with Gasteiger partial charge in [-0.15, -0.1) is 0 Å². The Balaban J connectivity index is 2.75. The van der Waals surface area contributed by atoms with Gasteiger partial charge in [0, 0.05) is 19.3 Å². The van der Waals surface area contributed by atoms with Crippen LogP contribution in [-0.4, -0.2) is 35.7 Å². The fraction of sp³-hybridized carbons (Fsp3) is 0.385. The fourth-order valence-corrected chi connectivity index (χ4v) is 1.74. The number of nitrogens with zero attached hydrogens (tertiary/aromatic N) is 1. The Kier molecular flexibility index (Phi) is 4.71. The standard InChI is InChI=1S/C13H17NO4/c1-9-4-3-5-11(6-9)14(2)8-10(13(17)18)7-12(15)16/h3-6,10H,7-8H2,1-2H3,(H,15,16)(H,17,18). The van der Waals surface area contributed by atoms with Gasteiger partial charge in [-0.05, 0) is 24.6 Å². The maximum absolute atomic E-state index is 11.0. The first-order valence-corrected chi connectivity index (χ1v) is 5.62. The van der Waals surface area contributed by atoms with Crippen molar-refractivity contribution in [1.29, 1.82) is 0 Å². The number of carboxylic acids is 2. The fourth-order valence-electron chi connectivity index (χ4n) is 1.74. The first-order valence-electron chi connectivity index (χ1n) is 5.62. The van der Waals surface area contributed by atoms with Gasteiger partial charge in [-0.1, -0.05) is 12.1 Å². The average Bonchev–Trinajstić information content (AvgIpc) is 2.27. The number of benzene rings is 1. The Labute approximate surface area is 106 Å². The van der Waals surface area contributed by atoms with E-state index < -0.39 is 17.9 Å². The third kappa shape index (κ3) is 4.08. The molecule has 1 rings (SSSR count). The minimum atomic E-state index is -1.10. The molecule has 0 saturated heterocycles. The lowest BCUT2D eigenvalue weighted by atomic mass is 10.1. The van der Waals surface area contributed by atoms with E-state index >= 15 is 0 Å². The van der Waals surface area contributed by atoms with Gasteiger partial charge in [0.15, 0.2) is 0 Å². The molecule has 1 aromatic carbocycles. The van der Waals surface area contributed by atoms with Crippen LogP contribution >= 0.6 is 0 Å². The Hall–Kier alpha value is -2.04. The first-order chi connectivity index (χ1) is 8.40. The molecule has 5 heteroatoms. The number of hydrogen-bond donors (Lipinski definition) is 2. The molecule has 18 heavy (non-hydrogen) atoms. The van der Waals surface area contributed by atoms with Crippen molar-refractivity contribution < 1.29 is 19.8 Å². The van der Waals surface area contributed by atoms with Crippen molar-refractivity contribution in [2.75, 3.05) is 18.5 Å². The van der Waals surface area contributed by atoms with E-state index in [1.54, 1.807) is 11.9 Å². The van der Waals surface area contributed by atoms with E-state index in [1.807, 2.05) is 31.2 Å². The molecule has 1 unspecified atom stereocenters. The normalized spacial score (nSPS) is 11.9. The second kappa shape index (κ2) is 6.05.